The Kier molecular flexibility index (Phi) is 3.64. The number of rotatable bonds is 2. The van der Waals surface area contributed by atoms with E-state index < -0.39 is 14.7 Å². The van der Waals surface area contributed by atoms with E-state index in [0.717, 1.165) is 0 Å². The van der Waals surface area contributed by atoms with Crippen LogP contribution in [0, 0.1) is 0 Å². The van der Waals surface area contributed by atoms with Crippen LogP contribution in [0.1, 0.15) is 25.7 Å². The van der Waals surface area contributed by atoms with Crippen molar-refractivity contribution >= 4 is 14.7 Å². The van der Waals surface area contributed by atoms with Gasteiger partial charge in [0.05, 0.1) is 0 Å². The fourth-order valence-corrected chi connectivity index (χ4v) is 4.53. The third kappa shape index (κ3) is 3.20. The van der Waals surface area contributed by atoms with Crippen LogP contribution in [-0.4, -0.2) is 34.4 Å². The molecule has 2 N–H and O–H groups in total. The van der Waals surface area contributed by atoms with E-state index in [1.807, 2.05) is 0 Å². The first-order valence-electron chi connectivity index (χ1n) is 4.81. The van der Waals surface area contributed by atoms with Crippen molar-refractivity contribution in [3.63, 3.8) is 0 Å². The molecule has 0 aliphatic heterocycles. The molecule has 0 amide bonds. The molecule has 0 spiro atoms. The summed E-state index contributed by atoms with van der Waals surface area (Å²) in [5.41, 5.74) is -0.324. The Morgan fingerprint density at radius 3 is 1.21 bits per heavy atom. The van der Waals surface area contributed by atoms with Crippen LogP contribution in [0.5, 0.6) is 0 Å². The van der Waals surface area contributed by atoms with Crippen LogP contribution in [-0.2, 0) is 9.13 Å². The Hall–Kier alpha value is 0.380. The van der Waals surface area contributed by atoms with Gasteiger partial charge in [0.2, 0.25) is 14.7 Å². The third-order valence-corrected chi connectivity index (χ3v) is 6.76. The second-order valence-corrected chi connectivity index (χ2v) is 9.58. The van der Waals surface area contributed by atoms with Crippen molar-refractivity contribution in [3.8, 4) is 0 Å². The van der Waals surface area contributed by atoms with Crippen LogP contribution in [0.2, 0.25) is 0 Å². The molecule has 1 aliphatic rings. The Labute approximate surface area is 84.6 Å². The predicted octanol–water partition coefficient (Wildman–Crippen LogP) is 2.10. The lowest BCUT2D eigenvalue weighted by atomic mass is 10.00. The van der Waals surface area contributed by atoms with Crippen LogP contribution >= 0.6 is 14.7 Å². The van der Waals surface area contributed by atoms with E-state index in [4.69, 9.17) is 0 Å². The molecule has 2 unspecified atom stereocenters. The van der Waals surface area contributed by atoms with Gasteiger partial charge >= 0.3 is 0 Å². The van der Waals surface area contributed by atoms with Crippen LogP contribution in [0.15, 0.2) is 0 Å². The van der Waals surface area contributed by atoms with E-state index in [2.05, 4.69) is 0 Å². The van der Waals surface area contributed by atoms with Crippen molar-refractivity contribution in [2.45, 2.75) is 37.0 Å². The van der Waals surface area contributed by atoms with E-state index in [1.54, 1.807) is 0 Å². The largest absolute Gasteiger partial charge is 0.344 e. The van der Waals surface area contributed by atoms with Crippen molar-refractivity contribution in [2.24, 2.45) is 0 Å². The average molecular weight is 240 g/mol. The van der Waals surface area contributed by atoms with Gasteiger partial charge in [0, 0.05) is 24.6 Å². The van der Waals surface area contributed by atoms with Gasteiger partial charge < -0.3 is 9.79 Å². The quantitative estimate of drug-likeness (QED) is 0.725. The molecule has 0 aromatic heterocycles. The number of hydrogen-bond donors (Lipinski definition) is 2. The average Bonchev–Trinajstić information content (AvgIpc) is 2.01. The molecule has 2 atom stereocenters. The molecule has 0 bridgehead atoms. The molecule has 1 fully saturated rings. The zero-order chi connectivity index (χ0) is 11.0. The summed E-state index contributed by atoms with van der Waals surface area (Å²) in [4.78, 5) is 18.7. The van der Waals surface area contributed by atoms with Crippen LogP contribution in [0.4, 0.5) is 0 Å². The lowest BCUT2D eigenvalue weighted by Crippen LogP contribution is -2.22. The summed E-state index contributed by atoms with van der Waals surface area (Å²) >= 11 is 0. The van der Waals surface area contributed by atoms with Crippen molar-refractivity contribution in [1.82, 2.24) is 0 Å². The van der Waals surface area contributed by atoms with E-state index in [-0.39, 0.29) is 11.3 Å². The molecule has 0 radical (unpaired) electrons. The second-order valence-electron chi connectivity index (χ2n) is 4.35. The molecule has 84 valence electrons. The van der Waals surface area contributed by atoms with Crippen molar-refractivity contribution in [2.75, 3.05) is 13.3 Å². The maximum Gasteiger partial charge on any atom is 0.200 e. The van der Waals surface area contributed by atoms with Gasteiger partial charge in [-0.1, -0.05) is 0 Å². The van der Waals surface area contributed by atoms with E-state index >= 15 is 0 Å². The molecule has 0 heterocycles. The lowest BCUT2D eigenvalue weighted by molar-refractivity contribution is 0.403. The molecule has 14 heavy (non-hydrogen) atoms. The van der Waals surface area contributed by atoms with Crippen LogP contribution < -0.4 is 0 Å². The first-order chi connectivity index (χ1) is 6.21. The maximum atomic E-state index is 11.3. The standard InChI is InChI=1S/C8H18O4P2/c1-13(9,10)7-3-5-8(6-4-7)14(2,11)12/h7-8H,3-6H2,1-2H3,(H,9,10)(H,11,12). The van der Waals surface area contributed by atoms with Gasteiger partial charge in [0.1, 0.15) is 0 Å². The molecule has 0 aromatic rings. The van der Waals surface area contributed by atoms with Gasteiger partial charge in [-0.2, -0.15) is 0 Å². The summed E-state index contributed by atoms with van der Waals surface area (Å²) in [5, 5.41) is 0. The van der Waals surface area contributed by atoms with Crippen molar-refractivity contribution in [1.29, 1.82) is 0 Å². The molecule has 4 nitrogen and oxygen atoms in total. The Balaban J connectivity index is 2.56. The van der Waals surface area contributed by atoms with Gasteiger partial charge in [0.15, 0.2) is 0 Å². The summed E-state index contributed by atoms with van der Waals surface area (Å²) in [6, 6.07) is 0. The van der Waals surface area contributed by atoms with Crippen LogP contribution in [0.25, 0.3) is 0 Å². The SMILES string of the molecule is CP(=O)(O)C1CCC(P(C)(=O)O)CC1. The van der Waals surface area contributed by atoms with Crippen LogP contribution in [0.3, 0.4) is 0 Å². The minimum atomic E-state index is -2.99. The van der Waals surface area contributed by atoms with Gasteiger partial charge in [-0.25, -0.2) is 0 Å². The minimum absolute atomic E-state index is 0.162. The highest BCUT2D eigenvalue weighted by Gasteiger charge is 2.35. The molecular weight excluding hydrogens is 222 g/mol. The fourth-order valence-electron chi connectivity index (χ4n) is 2.02. The Bertz CT molecular complexity index is 252. The summed E-state index contributed by atoms with van der Waals surface area (Å²) in [6.45, 7) is 2.75. The van der Waals surface area contributed by atoms with Gasteiger partial charge in [-0.05, 0) is 25.7 Å². The lowest BCUT2D eigenvalue weighted by Gasteiger charge is -2.30. The fraction of sp³-hybridized carbons (Fsp3) is 1.00. The Morgan fingerprint density at radius 1 is 0.857 bits per heavy atom. The van der Waals surface area contributed by atoms with Crippen molar-refractivity contribution < 1.29 is 18.9 Å². The highest BCUT2D eigenvalue weighted by Crippen LogP contribution is 2.54. The second kappa shape index (κ2) is 4.09. The van der Waals surface area contributed by atoms with E-state index in [1.165, 1.54) is 13.3 Å². The normalized spacial score (nSPS) is 37.1. The molecule has 1 rings (SSSR count). The van der Waals surface area contributed by atoms with E-state index in [9.17, 15) is 18.9 Å². The van der Waals surface area contributed by atoms with Crippen molar-refractivity contribution in [3.05, 3.63) is 0 Å². The summed E-state index contributed by atoms with van der Waals surface area (Å²) < 4.78 is 22.7. The smallest absolute Gasteiger partial charge is 0.200 e. The highest BCUT2D eigenvalue weighted by molar-refractivity contribution is 7.58. The number of hydrogen-bond acceptors (Lipinski definition) is 2. The highest BCUT2D eigenvalue weighted by atomic mass is 31.2. The summed E-state index contributed by atoms with van der Waals surface area (Å²) in [5.74, 6) is 0. The third-order valence-electron chi connectivity index (χ3n) is 3.02. The topological polar surface area (TPSA) is 74.6 Å². The van der Waals surface area contributed by atoms with Gasteiger partial charge in [-0.3, -0.25) is 9.13 Å². The molecule has 0 aromatic carbocycles. The molecular formula is C8H18O4P2. The zero-order valence-electron chi connectivity index (χ0n) is 8.59. The minimum Gasteiger partial charge on any atom is -0.344 e. The summed E-state index contributed by atoms with van der Waals surface area (Å²) in [7, 11) is -5.98. The zero-order valence-corrected chi connectivity index (χ0v) is 10.4. The first-order valence-corrected chi connectivity index (χ1v) is 9.16. The Morgan fingerprint density at radius 2 is 1.07 bits per heavy atom. The summed E-state index contributed by atoms with van der Waals surface area (Å²) in [6.07, 6.45) is 2.42. The first kappa shape index (κ1) is 12.4. The van der Waals surface area contributed by atoms with Gasteiger partial charge in [0.25, 0.3) is 0 Å². The maximum absolute atomic E-state index is 11.3. The molecule has 6 heteroatoms. The van der Waals surface area contributed by atoms with Gasteiger partial charge in [-0.15, -0.1) is 0 Å². The predicted molar refractivity (Wildman–Crippen MR) is 57.5 cm³/mol. The monoisotopic (exact) mass is 240 g/mol. The van der Waals surface area contributed by atoms with E-state index in [0.29, 0.717) is 25.7 Å². The molecule has 0 saturated heterocycles. The molecule has 1 saturated carbocycles. The molecule has 1 aliphatic carbocycles.